The van der Waals surface area contributed by atoms with Crippen LogP contribution in [0, 0.1) is 0 Å². The largest absolute Gasteiger partial charge is 0.376 e. The third-order valence-electron chi connectivity index (χ3n) is 5.73. The number of hydrogen-bond acceptors (Lipinski definition) is 6. The lowest BCUT2D eigenvalue weighted by Crippen LogP contribution is -2.52. The maximum absolute atomic E-state index is 13.1. The standard InChI is InChI=1S/C20H26N4O4/c21-7-9-28-15-6-8-23(12-15)10-13-2-1-3-14-11-24(20(27)18(13)14)16-4-5-17(25)22-19(16)26/h1-3,15-16H,4-12,21H2,(H,22,25,26). The van der Waals surface area contributed by atoms with Crippen molar-refractivity contribution in [3.63, 3.8) is 0 Å². The van der Waals surface area contributed by atoms with E-state index in [1.165, 1.54) is 0 Å². The highest BCUT2D eigenvalue weighted by Crippen LogP contribution is 2.31. The fourth-order valence-electron chi connectivity index (χ4n) is 4.37. The van der Waals surface area contributed by atoms with E-state index in [0.29, 0.717) is 38.2 Å². The molecule has 3 aliphatic heterocycles. The second kappa shape index (κ2) is 7.98. The first-order valence-corrected chi connectivity index (χ1v) is 9.86. The van der Waals surface area contributed by atoms with Gasteiger partial charge in [-0.25, -0.2) is 0 Å². The Balaban J connectivity index is 1.47. The van der Waals surface area contributed by atoms with Gasteiger partial charge in [-0.3, -0.25) is 24.6 Å². The van der Waals surface area contributed by atoms with Gasteiger partial charge in [0.15, 0.2) is 0 Å². The van der Waals surface area contributed by atoms with Gasteiger partial charge in [-0.05, 0) is 24.0 Å². The van der Waals surface area contributed by atoms with Gasteiger partial charge >= 0.3 is 0 Å². The number of amides is 3. The van der Waals surface area contributed by atoms with Gasteiger partial charge in [0.25, 0.3) is 5.91 Å². The van der Waals surface area contributed by atoms with Gasteiger partial charge < -0.3 is 15.4 Å². The number of ether oxygens (including phenoxy) is 1. The number of piperidine rings is 1. The van der Waals surface area contributed by atoms with Crippen molar-refractivity contribution >= 4 is 17.7 Å². The first-order valence-electron chi connectivity index (χ1n) is 9.86. The Morgan fingerprint density at radius 3 is 2.86 bits per heavy atom. The number of hydrogen-bond donors (Lipinski definition) is 2. The van der Waals surface area contributed by atoms with Crippen molar-refractivity contribution < 1.29 is 19.1 Å². The van der Waals surface area contributed by atoms with Gasteiger partial charge in [-0.2, -0.15) is 0 Å². The predicted octanol–water partition coefficient (Wildman–Crippen LogP) is -0.00280. The van der Waals surface area contributed by atoms with Crippen LogP contribution in [0.2, 0.25) is 0 Å². The van der Waals surface area contributed by atoms with Crippen LogP contribution in [0.5, 0.6) is 0 Å². The summed E-state index contributed by atoms with van der Waals surface area (Å²) in [6.07, 6.45) is 1.80. The number of imide groups is 1. The van der Waals surface area contributed by atoms with Crippen molar-refractivity contribution in [1.82, 2.24) is 15.1 Å². The smallest absolute Gasteiger partial charge is 0.255 e. The minimum absolute atomic E-state index is 0.116. The van der Waals surface area contributed by atoms with Crippen LogP contribution in [0.15, 0.2) is 18.2 Å². The minimum atomic E-state index is -0.578. The third kappa shape index (κ3) is 3.67. The molecule has 2 atom stereocenters. The average Bonchev–Trinajstić information content (AvgIpc) is 3.25. The van der Waals surface area contributed by atoms with Crippen molar-refractivity contribution in [3.8, 4) is 0 Å². The van der Waals surface area contributed by atoms with E-state index in [0.717, 1.165) is 30.6 Å². The Morgan fingerprint density at radius 2 is 2.07 bits per heavy atom. The summed E-state index contributed by atoms with van der Waals surface area (Å²) in [4.78, 5) is 40.7. The molecule has 28 heavy (non-hydrogen) atoms. The highest BCUT2D eigenvalue weighted by atomic mass is 16.5. The Morgan fingerprint density at radius 1 is 1.21 bits per heavy atom. The number of rotatable bonds is 6. The first kappa shape index (κ1) is 19.0. The summed E-state index contributed by atoms with van der Waals surface area (Å²) in [5.41, 5.74) is 8.14. The van der Waals surface area contributed by atoms with E-state index in [1.807, 2.05) is 18.2 Å². The summed E-state index contributed by atoms with van der Waals surface area (Å²) in [7, 11) is 0. The van der Waals surface area contributed by atoms with E-state index >= 15 is 0 Å². The molecule has 1 aromatic rings. The Kier molecular flexibility index (Phi) is 5.43. The Labute approximate surface area is 164 Å². The van der Waals surface area contributed by atoms with E-state index in [2.05, 4.69) is 10.2 Å². The lowest BCUT2D eigenvalue weighted by Gasteiger charge is -2.29. The van der Waals surface area contributed by atoms with E-state index in [1.54, 1.807) is 4.90 Å². The van der Waals surface area contributed by atoms with Crippen LogP contribution in [0.25, 0.3) is 0 Å². The molecule has 0 radical (unpaired) electrons. The van der Waals surface area contributed by atoms with Gasteiger partial charge in [0.1, 0.15) is 6.04 Å². The number of carbonyl (C=O) groups is 3. The number of carbonyl (C=O) groups excluding carboxylic acids is 3. The minimum Gasteiger partial charge on any atom is -0.376 e. The number of nitrogens with two attached hydrogens (primary N) is 1. The number of benzene rings is 1. The molecule has 3 aliphatic rings. The first-order chi connectivity index (χ1) is 13.6. The average molecular weight is 386 g/mol. The topological polar surface area (TPSA) is 105 Å². The summed E-state index contributed by atoms with van der Waals surface area (Å²) in [5, 5.41) is 2.35. The molecule has 1 aromatic carbocycles. The summed E-state index contributed by atoms with van der Waals surface area (Å²) in [6, 6.07) is 5.32. The molecule has 0 saturated carbocycles. The van der Waals surface area contributed by atoms with Gasteiger partial charge in [0, 0.05) is 44.7 Å². The van der Waals surface area contributed by atoms with Crippen LogP contribution in [0.1, 0.15) is 40.7 Å². The van der Waals surface area contributed by atoms with Crippen LogP contribution in [0.4, 0.5) is 0 Å². The van der Waals surface area contributed by atoms with Crippen LogP contribution < -0.4 is 11.1 Å². The molecular formula is C20H26N4O4. The van der Waals surface area contributed by atoms with Gasteiger partial charge in [0.05, 0.1) is 12.7 Å². The van der Waals surface area contributed by atoms with Crippen molar-refractivity contribution in [2.75, 3.05) is 26.2 Å². The molecule has 3 heterocycles. The zero-order valence-corrected chi connectivity index (χ0v) is 15.9. The second-order valence-electron chi connectivity index (χ2n) is 7.66. The molecule has 0 aromatic heterocycles. The van der Waals surface area contributed by atoms with Crippen molar-refractivity contribution in [2.45, 2.75) is 44.5 Å². The molecule has 8 heteroatoms. The van der Waals surface area contributed by atoms with E-state index in [9.17, 15) is 14.4 Å². The molecular weight excluding hydrogens is 360 g/mol. The number of likely N-dealkylation sites (tertiary alicyclic amines) is 1. The van der Waals surface area contributed by atoms with E-state index in [4.69, 9.17) is 10.5 Å². The van der Waals surface area contributed by atoms with Gasteiger partial charge in [-0.1, -0.05) is 18.2 Å². The maximum atomic E-state index is 13.1. The molecule has 4 rings (SSSR count). The normalized spacial score (nSPS) is 25.3. The monoisotopic (exact) mass is 386 g/mol. The van der Waals surface area contributed by atoms with E-state index < -0.39 is 6.04 Å². The number of fused-ring (bicyclic) bond motifs is 1. The Bertz CT molecular complexity index is 796. The molecule has 3 N–H and O–H groups in total. The molecule has 8 nitrogen and oxygen atoms in total. The van der Waals surface area contributed by atoms with Crippen LogP contribution in [0.3, 0.4) is 0 Å². The Hall–Kier alpha value is -2.29. The van der Waals surface area contributed by atoms with Gasteiger partial charge in [-0.15, -0.1) is 0 Å². The molecule has 0 bridgehead atoms. The lowest BCUT2D eigenvalue weighted by molar-refractivity contribution is -0.136. The van der Waals surface area contributed by atoms with Crippen LogP contribution in [-0.4, -0.2) is 65.9 Å². The summed E-state index contributed by atoms with van der Waals surface area (Å²) in [6.45, 7) is 3.93. The second-order valence-corrected chi connectivity index (χ2v) is 7.66. The molecule has 2 saturated heterocycles. The zero-order chi connectivity index (χ0) is 19.7. The molecule has 2 unspecified atom stereocenters. The lowest BCUT2D eigenvalue weighted by atomic mass is 10.0. The zero-order valence-electron chi connectivity index (χ0n) is 15.9. The molecule has 2 fully saturated rings. The number of nitrogens with one attached hydrogen (secondary N) is 1. The molecule has 3 amide bonds. The molecule has 0 aliphatic carbocycles. The SMILES string of the molecule is NCCOC1CCN(Cc2cccc3c2C(=O)N(C2CCC(=O)NC2=O)C3)C1. The highest BCUT2D eigenvalue weighted by Gasteiger charge is 2.40. The van der Waals surface area contributed by atoms with Crippen molar-refractivity contribution in [2.24, 2.45) is 5.73 Å². The summed E-state index contributed by atoms with van der Waals surface area (Å²) in [5.74, 6) is -0.764. The molecule has 0 spiro atoms. The van der Waals surface area contributed by atoms with Crippen molar-refractivity contribution in [3.05, 3.63) is 34.9 Å². The van der Waals surface area contributed by atoms with Gasteiger partial charge in [0.2, 0.25) is 11.8 Å². The van der Waals surface area contributed by atoms with Crippen molar-refractivity contribution in [1.29, 1.82) is 0 Å². The van der Waals surface area contributed by atoms with Crippen LogP contribution >= 0.6 is 0 Å². The summed E-state index contributed by atoms with van der Waals surface area (Å²) >= 11 is 0. The number of nitrogens with zero attached hydrogens (tertiary/aromatic N) is 2. The van der Waals surface area contributed by atoms with E-state index in [-0.39, 0.29) is 30.2 Å². The summed E-state index contributed by atoms with van der Waals surface area (Å²) < 4.78 is 5.74. The fraction of sp³-hybridized carbons (Fsp3) is 0.550. The predicted molar refractivity (Wildman–Crippen MR) is 101 cm³/mol. The van der Waals surface area contributed by atoms with Crippen LogP contribution in [-0.2, 0) is 27.4 Å². The molecule has 150 valence electrons. The third-order valence-corrected chi connectivity index (χ3v) is 5.73. The highest BCUT2D eigenvalue weighted by molar-refractivity contribution is 6.05. The maximum Gasteiger partial charge on any atom is 0.255 e. The fourth-order valence-corrected chi connectivity index (χ4v) is 4.37. The quantitative estimate of drug-likeness (QED) is 0.667.